The van der Waals surface area contributed by atoms with Crippen LogP contribution in [0.25, 0.3) is 0 Å². The van der Waals surface area contributed by atoms with Crippen LogP contribution in [0.5, 0.6) is 0 Å². The van der Waals surface area contributed by atoms with Crippen LogP contribution in [0, 0.1) is 17.3 Å². The highest BCUT2D eigenvalue weighted by Gasteiger charge is 2.45. The van der Waals surface area contributed by atoms with E-state index >= 15 is 0 Å². The summed E-state index contributed by atoms with van der Waals surface area (Å²) in [7, 11) is 4.02. The predicted octanol–water partition coefficient (Wildman–Crippen LogP) is 2.77. The Kier molecular flexibility index (Phi) is 5.32. The summed E-state index contributed by atoms with van der Waals surface area (Å²) in [6.45, 7) is 6.26. The number of rotatable bonds is 3. The van der Waals surface area contributed by atoms with Crippen LogP contribution in [-0.4, -0.2) is 62.1 Å². The van der Waals surface area contributed by atoms with E-state index in [1.54, 1.807) is 7.11 Å². The Morgan fingerprint density at radius 3 is 2.43 bits per heavy atom. The van der Waals surface area contributed by atoms with E-state index in [0.717, 1.165) is 38.5 Å². The average molecular weight is 322 g/mol. The Labute approximate surface area is 141 Å². The van der Waals surface area contributed by atoms with E-state index in [9.17, 15) is 4.79 Å². The second-order valence-corrected chi connectivity index (χ2v) is 8.51. The van der Waals surface area contributed by atoms with Crippen LogP contribution in [0.2, 0.25) is 0 Å². The van der Waals surface area contributed by atoms with Crippen LogP contribution in [0.3, 0.4) is 0 Å². The summed E-state index contributed by atoms with van der Waals surface area (Å²) in [4.78, 5) is 17.4. The highest BCUT2D eigenvalue weighted by atomic mass is 16.5. The molecule has 0 aromatic heterocycles. The molecule has 2 saturated heterocycles. The zero-order chi connectivity index (χ0) is 16.4. The first-order valence-electron chi connectivity index (χ1n) is 9.51. The maximum absolute atomic E-state index is 12.8. The zero-order valence-electron chi connectivity index (χ0n) is 15.2. The van der Waals surface area contributed by atoms with Gasteiger partial charge in [-0.05, 0) is 63.3 Å². The normalized spacial score (nSPS) is 34.9. The third kappa shape index (κ3) is 3.74. The lowest BCUT2D eigenvalue weighted by Crippen LogP contribution is -2.46. The van der Waals surface area contributed by atoms with Gasteiger partial charge in [0.05, 0.1) is 6.61 Å². The van der Waals surface area contributed by atoms with Gasteiger partial charge in [-0.3, -0.25) is 4.79 Å². The van der Waals surface area contributed by atoms with E-state index in [1.807, 2.05) is 0 Å². The molecule has 23 heavy (non-hydrogen) atoms. The Morgan fingerprint density at radius 1 is 1.17 bits per heavy atom. The van der Waals surface area contributed by atoms with Gasteiger partial charge in [0.25, 0.3) is 0 Å². The molecule has 132 valence electrons. The number of nitrogens with zero attached hydrogens (tertiary/aromatic N) is 2. The van der Waals surface area contributed by atoms with Crippen molar-refractivity contribution in [3.05, 3.63) is 0 Å². The molecule has 1 aliphatic carbocycles. The molecule has 0 radical (unpaired) electrons. The van der Waals surface area contributed by atoms with Gasteiger partial charge in [0, 0.05) is 38.7 Å². The lowest BCUT2D eigenvalue weighted by Gasteiger charge is -2.41. The standard InChI is InChI=1S/C19H34N2O2/c1-15-4-6-16(7-5-15)18(22)21-10-8-19(9-11-21)12-17(13-23-3)20(2)14-19/h15-17H,4-14H2,1-3H3. The lowest BCUT2D eigenvalue weighted by molar-refractivity contribution is -0.139. The minimum absolute atomic E-state index is 0.313. The summed E-state index contributed by atoms with van der Waals surface area (Å²) >= 11 is 0. The van der Waals surface area contributed by atoms with Crippen molar-refractivity contribution in [3.8, 4) is 0 Å². The SMILES string of the molecule is COCC1CC2(CCN(C(=O)C3CCC(C)CC3)CC2)CN1C. The molecule has 4 heteroatoms. The molecule has 2 heterocycles. The van der Waals surface area contributed by atoms with Crippen molar-refractivity contribution in [2.45, 2.75) is 57.9 Å². The van der Waals surface area contributed by atoms with E-state index in [0.29, 0.717) is 23.3 Å². The van der Waals surface area contributed by atoms with Gasteiger partial charge in [-0.25, -0.2) is 0 Å². The maximum atomic E-state index is 12.8. The van der Waals surface area contributed by atoms with Crippen molar-refractivity contribution in [3.63, 3.8) is 0 Å². The van der Waals surface area contributed by atoms with Gasteiger partial charge in [-0.2, -0.15) is 0 Å². The van der Waals surface area contributed by atoms with Crippen molar-refractivity contribution in [1.82, 2.24) is 9.80 Å². The topological polar surface area (TPSA) is 32.8 Å². The number of piperidine rings is 1. The Bertz CT molecular complexity index is 410. The average Bonchev–Trinajstić information content (AvgIpc) is 2.84. The minimum Gasteiger partial charge on any atom is -0.383 e. The number of amides is 1. The van der Waals surface area contributed by atoms with Crippen LogP contribution >= 0.6 is 0 Å². The summed E-state index contributed by atoms with van der Waals surface area (Å²) < 4.78 is 5.37. The summed E-state index contributed by atoms with van der Waals surface area (Å²) in [6, 6.07) is 0.557. The number of carbonyl (C=O) groups is 1. The molecule has 1 amide bonds. The van der Waals surface area contributed by atoms with Gasteiger partial charge in [-0.15, -0.1) is 0 Å². The Morgan fingerprint density at radius 2 is 1.83 bits per heavy atom. The van der Waals surface area contributed by atoms with Crippen molar-refractivity contribution in [1.29, 1.82) is 0 Å². The molecule has 1 spiro atoms. The van der Waals surface area contributed by atoms with Crippen LogP contribution in [0.15, 0.2) is 0 Å². The van der Waals surface area contributed by atoms with E-state index in [2.05, 4.69) is 23.8 Å². The van der Waals surface area contributed by atoms with E-state index in [1.165, 1.54) is 38.6 Å². The largest absolute Gasteiger partial charge is 0.383 e. The number of carbonyl (C=O) groups excluding carboxylic acids is 1. The first kappa shape index (κ1) is 17.2. The van der Waals surface area contributed by atoms with Gasteiger partial charge < -0.3 is 14.5 Å². The fourth-order valence-electron chi connectivity index (χ4n) is 5.09. The molecule has 0 aromatic rings. The van der Waals surface area contributed by atoms with Crippen LogP contribution < -0.4 is 0 Å². The molecule has 3 aliphatic rings. The molecule has 0 aromatic carbocycles. The summed E-state index contributed by atoms with van der Waals surface area (Å²) in [6.07, 6.45) is 8.27. The van der Waals surface area contributed by atoms with Gasteiger partial charge in [0.15, 0.2) is 0 Å². The molecule has 3 fully saturated rings. The molecular formula is C19H34N2O2. The molecule has 1 saturated carbocycles. The smallest absolute Gasteiger partial charge is 0.225 e. The predicted molar refractivity (Wildman–Crippen MR) is 92.3 cm³/mol. The highest BCUT2D eigenvalue weighted by molar-refractivity contribution is 5.79. The Hall–Kier alpha value is -0.610. The van der Waals surface area contributed by atoms with Gasteiger partial charge in [-0.1, -0.05) is 6.92 Å². The number of methoxy groups -OCH3 is 1. The number of hydrogen-bond acceptors (Lipinski definition) is 3. The third-order valence-electron chi connectivity index (χ3n) is 6.74. The highest BCUT2D eigenvalue weighted by Crippen LogP contribution is 2.43. The second kappa shape index (κ2) is 7.10. The van der Waals surface area contributed by atoms with Gasteiger partial charge >= 0.3 is 0 Å². The lowest BCUT2D eigenvalue weighted by atomic mass is 9.76. The molecule has 4 nitrogen and oxygen atoms in total. The first-order valence-corrected chi connectivity index (χ1v) is 9.51. The third-order valence-corrected chi connectivity index (χ3v) is 6.74. The van der Waals surface area contributed by atoms with Crippen LogP contribution in [0.1, 0.15) is 51.9 Å². The van der Waals surface area contributed by atoms with Crippen LogP contribution in [-0.2, 0) is 9.53 Å². The number of likely N-dealkylation sites (tertiary alicyclic amines) is 2. The maximum Gasteiger partial charge on any atom is 0.225 e. The zero-order valence-corrected chi connectivity index (χ0v) is 15.2. The monoisotopic (exact) mass is 322 g/mol. The van der Waals surface area contributed by atoms with E-state index < -0.39 is 0 Å². The van der Waals surface area contributed by atoms with Crippen LogP contribution in [0.4, 0.5) is 0 Å². The molecule has 0 bridgehead atoms. The van der Waals surface area contributed by atoms with Crippen molar-refractivity contribution < 1.29 is 9.53 Å². The number of hydrogen-bond donors (Lipinski definition) is 0. The molecular weight excluding hydrogens is 288 g/mol. The molecule has 3 rings (SSSR count). The fourth-order valence-corrected chi connectivity index (χ4v) is 5.09. The van der Waals surface area contributed by atoms with Gasteiger partial charge in [0.1, 0.15) is 0 Å². The summed E-state index contributed by atoms with van der Waals surface area (Å²) in [5.41, 5.74) is 0.426. The van der Waals surface area contributed by atoms with Crippen molar-refractivity contribution >= 4 is 5.91 Å². The molecule has 0 N–H and O–H groups in total. The summed E-state index contributed by atoms with van der Waals surface area (Å²) in [5.74, 6) is 1.58. The van der Waals surface area contributed by atoms with E-state index in [4.69, 9.17) is 4.74 Å². The van der Waals surface area contributed by atoms with Crippen molar-refractivity contribution in [2.75, 3.05) is 40.4 Å². The Balaban J connectivity index is 1.51. The molecule has 2 aliphatic heterocycles. The van der Waals surface area contributed by atoms with Gasteiger partial charge in [0.2, 0.25) is 5.91 Å². The van der Waals surface area contributed by atoms with E-state index in [-0.39, 0.29) is 0 Å². The number of likely N-dealkylation sites (N-methyl/N-ethyl adjacent to an activating group) is 1. The molecule has 1 unspecified atom stereocenters. The first-order chi connectivity index (χ1) is 11.0. The minimum atomic E-state index is 0.313. The quantitative estimate of drug-likeness (QED) is 0.801. The fraction of sp³-hybridized carbons (Fsp3) is 0.947. The number of ether oxygens (including phenoxy) is 1. The molecule has 1 atom stereocenters. The summed E-state index contributed by atoms with van der Waals surface area (Å²) in [5, 5.41) is 0. The second-order valence-electron chi connectivity index (χ2n) is 8.51. The van der Waals surface area contributed by atoms with Crippen molar-refractivity contribution in [2.24, 2.45) is 17.3 Å².